The maximum Gasteiger partial charge on any atom is 0.286 e. The summed E-state index contributed by atoms with van der Waals surface area (Å²) in [6.07, 6.45) is 1.74. The third kappa shape index (κ3) is 2.77. The Labute approximate surface area is 134 Å². The van der Waals surface area contributed by atoms with Gasteiger partial charge in [-0.2, -0.15) is 0 Å². The van der Waals surface area contributed by atoms with Crippen molar-refractivity contribution in [2.45, 2.75) is 0 Å². The molecule has 3 rings (SSSR count). The number of ether oxygens (including phenoxy) is 2. The molecule has 1 aromatic heterocycles. The van der Waals surface area contributed by atoms with E-state index >= 15 is 0 Å². The van der Waals surface area contributed by atoms with Crippen LogP contribution in [0.25, 0.3) is 0 Å². The number of halogens is 1. The van der Waals surface area contributed by atoms with Crippen LogP contribution in [-0.2, 0) is 7.05 Å². The van der Waals surface area contributed by atoms with Gasteiger partial charge in [0, 0.05) is 23.3 Å². The monoisotopic (exact) mass is 365 g/mol. The normalized spacial score (nSPS) is 12.1. The minimum Gasteiger partial charge on any atom is -0.454 e. The molecule has 1 aliphatic heterocycles. The molecule has 2 N–H and O–H groups in total. The standard InChI is InChI=1S/C14H12BrN3O4/c1-18-6-9(15)5-10(18)14(20)17-16-13(19)8-2-3-11-12(4-8)22-7-21-11/h2-6H,7H2,1H3,(H,16,19)(H,17,20). The minimum atomic E-state index is -0.445. The fourth-order valence-electron chi connectivity index (χ4n) is 2.04. The molecule has 0 saturated heterocycles. The summed E-state index contributed by atoms with van der Waals surface area (Å²) >= 11 is 3.28. The molecule has 8 heteroatoms. The number of carbonyl (C=O) groups is 2. The number of fused-ring (bicyclic) bond motifs is 1. The maximum absolute atomic E-state index is 12.0. The van der Waals surface area contributed by atoms with Gasteiger partial charge < -0.3 is 14.0 Å². The van der Waals surface area contributed by atoms with Gasteiger partial charge in [-0.3, -0.25) is 20.4 Å². The average molecular weight is 366 g/mol. The zero-order valence-corrected chi connectivity index (χ0v) is 13.1. The number of rotatable bonds is 2. The molecule has 2 heterocycles. The first kappa shape index (κ1) is 14.5. The molecule has 0 fully saturated rings. The van der Waals surface area contributed by atoms with Gasteiger partial charge in [0.2, 0.25) is 6.79 Å². The van der Waals surface area contributed by atoms with Crippen LogP contribution in [0, 0.1) is 0 Å². The molecule has 2 amide bonds. The van der Waals surface area contributed by atoms with Crippen LogP contribution >= 0.6 is 15.9 Å². The summed E-state index contributed by atoms with van der Waals surface area (Å²) in [4.78, 5) is 24.0. The van der Waals surface area contributed by atoms with Crippen molar-refractivity contribution in [3.63, 3.8) is 0 Å². The summed E-state index contributed by atoms with van der Waals surface area (Å²) in [6, 6.07) is 6.45. The summed E-state index contributed by atoms with van der Waals surface area (Å²) in [5, 5.41) is 0. The van der Waals surface area contributed by atoms with E-state index in [1.54, 1.807) is 42.1 Å². The smallest absolute Gasteiger partial charge is 0.286 e. The molecule has 2 aromatic rings. The fraction of sp³-hybridized carbons (Fsp3) is 0.143. The van der Waals surface area contributed by atoms with Crippen molar-refractivity contribution < 1.29 is 19.1 Å². The predicted octanol–water partition coefficient (Wildman–Crippen LogP) is 1.59. The van der Waals surface area contributed by atoms with Gasteiger partial charge in [-0.1, -0.05) is 0 Å². The highest BCUT2D eigenvalue weighted by atomic mass is 79.9. The number of benzene rings is 1. The lowest BCUT2D eigenvalue weighted by Gasteiger charge is -2.08. The van der Waals surface area contributed by atoms with E-state index in [-0.39, 0.29) is 6.79 Å². The number of hydrazine groups is 1. The second kappa shape index (κ2) is 5.72. The zero-order valence-electron chi connectivity index (χ0n) is 11.6. The molecule has 0 unspecified atom stereocenters. The lowest BCUT2D eigenvalue weighted by Crippen LogP contribution is -2.42. The highest BCUT2D eigenvalue weighted by Crippen LogP contribution is 2.32. The third-order valence-corrected chi connectivity index (χ3v) is 3.56. The van der Waals surface area contributed by atoms with Gasteiger partial charge in [-0.05, 0) is 40.2 Å². The van der Waals surface area contributed by atoms with Gasteiger partial charge >= 0.3 is 0 Å². The molecule has 0 radical (unpaired) electrons. The molecule has 114 valence electrons. The molecule has 1 aliphatic rings. The number of nitrogens with one attached hydrogen (secondary N) is 2. The molecule has 0 saturated carbocycles. The first-order valence-electron chi connectivity index (χ1n) is 6.37. The number of carbonyl (C=O) groups excluding carboxylic acids is 2. The Kier molecular flexibility index (Phi) is 3.76. The van der Waals surface area contributed by atoms with Gasteiger partial charge in [0.1, 0.15) is 5.69 Å². The number of hydrogen-bond donors (Lipinski definition) is 2. The van der Waals surface area contributed by atoms with E-state index in [0.29, 0.717) is 22.8 Å². The molecule has 1 aromatic carbocycles. The van der Waals surface area contributed by atoms with Crippen molar-refractivity contribution in [1.82, 2.24) is 15.4 Å². The van der Waals surface area contributed by atoms with Crippen molar-refractivity contribution >= 4 is 27.7 Å². The second-order valence-electron chi connectivity index (χ2n) is 4.63. The van der Waals surface area contributed by atoms with E-state index in [1.807, 2.05) is 0 Å². The lowest BCUT2D eigenvalue weighted by molar-refractivity contribution is 0.0842. The fourth-order valence-corrected chi connectivity index (χ4v) is 2.56. The average Bonchev–Trinajstić information content (AvgIpc) is 3.09. The third-order valence-electron chi connectivity index (χ3n) is 3.13. The molecule has 7 nitrogen and oxygen atoms in total. The van der Waals surface area contributed by atoms with E-state index in [2.05, 4.69) is 26.8 Å². The van der Waals surface area contributed by atoms with Crippen LogP contribution in [-0.4, -0.2) is 23.2 Å². The Morgan fingerprint density at radius 2 is 1.86 bits per heavy atom. The number of hydrogen-bond acceptors (Lipinski definition) is 4. The Morgan fingerprint density at radius 1 is 1.14 bits per heavy atom. The zero-order chi connectivity index (χ0) is 15.7. The van der Waals surface area contributed by atoms with E-state index in [9.17, 15) is 9.59 Å². The Hall–Kier alpha value is -2.48. The quantitative estimate of drug-likeness (QED) is 0.791. The Morgan fingerprint density at radius 3 is 2.59 bits per heavy atom. The predicted molar refractivity (Wildman–Crippen MR) is 80.6 cm³/mol. The Bertz CT molecular complexity index is 757. The molecule has 0 spiro atoms. The minimum absolute atomic E-state index is 0.138. The highest BCUT2D eigenvalue weighted by Gasteiger charge is 2.17. The lowest BCUT2D eigenvalue weighted by atomic mass is 10.2. The summed E-state index contributed by atoms with van der Waals surface area (Å²) in [5.74, 6) is 0.238. The van der Waals surface area contributed by atoms with Crippen LogP contribution in [0.4, 0.5) is 0 Å². The number of aromatic nitrogens is 1. The van der Waals surface area contributed by atoms with Crippen LogP contribution in [0.2, 0.25) is 0 Å². The van der Waals surface area contributed by atoms with Crippen LogP contribution in [0.1, 0.15) is 20.8 Å². The van der Waals surface area contributed by atoms with Crippen molar-refractivity contribution in [3.05, 3.63) is 46.2 Å². The highest BCUT2D eigenvalue weighted by molar-refractivity contribution is 9.10. The molecular weight excluding hydrogens is 354 g/mol. The van der Waals surface area contributed by atoms with Crippen molar-refractivity contribution in [2.24, 2.45) is 7.05 Å². The molecule has 0 bridgehead atoms. The summed E-state index contributed by atoms with van der Waals surface area (Å²) in [6.45, 7) is 0.138. The topological polar surface area (TPSA) is 81.6 Å². The first-order chi connectivity index (χ1) is 10.5. The van der Waals surface area contributed by atoms with Gasteiger partial charge in [0.05, 0.1) is 0 Å². The molecular formula is C14H12BrN3O4. The van der Waals surface area contributed by atoms with Crippen molar-refractivity contribution in [2.75, 3.05) is 6.79 Å². The Balaban J connectivity index is 1.65. The number of aryl methyl sites for hydroxylation is 1. The summed E-state index contributed by atoms with van der Waals surface area (Å²) in [5.41, 5.74) is 5.50. The van der Waals surface area contributed by atoms with Gasteiger partial charge in [0.25, 0.3) is 11.8 Å². The SMILES string of the molecule is Cn1cc(Br)cc1C(=O)NNC(=O)c1ccc2c(c1)OCO2. The van der Waals surface area contributed by atoms with E-state index in [1.165, 1.54) is 0 Å². The van der Waals surface area contributed by atoms with E-state index in [4.69, 9.17) is 9.47 Å². The summed E-state index contributed by atoms with van der Waals surface area (Å²) < 4.78 is 12.8. The van der Waals surface area contributed by atoms with Crippen LogP contribution < -0.4 is 20.3 Å². The van der Waals surface area contributed by atoms with Crippen LogP contribution in [0.5, 0.6) is 11.5 Å². The van der Waals surface area contributed by atoms with Gasteiger partial charge in [-0.25, -0.2) is 0 Å². The van der Waals surface area contributed by atoms with E-state index in [0.717, 1.165) is 4.47 Å². The molecule has 22 heavy (non-hydrogen) atoms. The van der Waals surface area contributed by atoms with Crippen molar-refractivity contribution in [1.29, 1.82) is 0 Å². The van der Waals surface area contributed by atoms with Gasteiger partial charge in [-0.15, -0.1) is 0 Å². The maximum atomic E-state index is 12.0. The number of nitrogens with zero attached hydrogens (tertiary/aromatic N) is 1. The van der Waals surface area contributed by atoms with Crippen molar-refractivity contribution in [3.8, 4) is 11.5 Å². The largest absolute Gasteiger partial charge is 0.454 e. The first-order valence-corrected chi connectivity index (χ1v) is 7.16. The summed E-state index contributed by atoms with van der Waals surface area (Å²) in [7, 11) is 1.74. The number of amides is 2. The van der Waals surface area contributed by atoms with Crippen LogP contribution in [0.15, 0.2) is 34.9 Å². The van der Waals surface area contributed by atoms with E-state index < -0.39 is 11.8 Å². The second-order valence-corrected chi connectivity index (χ2v) is 5.55. The van der Waals surface area contributed by atoms with Crippen LogP contribution in [0.3, 0.4) is 0 Å². The molecule has 0 aliphatic carbocycles. The molecule has 0 atom stereocenters. The van der Waals surface area contributed by atoms with Gasteiger partial charge in [0.15, 0.2) is 11.5 Å².